The van der Waals surface area contributed by atoms with Crippen LogP contribution in [0.1, 0.15) is 40.6 Å². The summed E-state index contributed by atoms with van der Waals surface area (Å²) >= 11 is 7.93. The van der Waals surface area contributed by atoms with E-state index in [2.05, 4.69) is 10.3 Å². The van der Waals surface area contributed by atoms with Gasteiger partial charge < -0.3 is 10.1 Å². The molecule has 0 bridgehead atoms. The van der Waals surface area contributed by atoms with Gasteiger partial charge in [-0.3, -0.25) is 4.98 Å². The van der Waals surface area contributed by atoms with Crippen LogP contribution >= 0.6 is 22.9 Å². The van der Waals surface area contributed by atoms with Gasteiger partial charge in [-0.2, -0.15) is 0 Å². The molecule has 6 heteroatoms. The number of anilines is 2. The minimum Gasteiger partial charge on any atom is -0.462 e. The standard InChI is InChI=1S/C20H19ClN2O2S/c1-2-25-20(24)17-13-6-3-4-9-16(13)26-19(17)23-15-10-11-22-18-12(15)7-5-8-14(18)21/h5,7-8,10-11H,2-4,6,9H2,1H3,(H,22,23). The van der Waals surface area contributed by atoms with Crippen molar-refractivity contribution in [2.24, 2.45) is 0 Å². The Labute approximate surface area is 161 Å². The van der Waals surface area contributed by atoms with Gasteiger partial charge in [0, 0.05) is 16.5 Å². The summed E-state index contributed by atoms with van der Waals surface area (Å²) in [5, 5.41) is 5.85. The van der Waals surface area contributed by atoms with E-state index in [1.165, 1.54) is 11.3 Å². The van der Waals surface area contributed by atoms with Crippen LogP contribution in [-0.4, -0.2) is 17.6 Å². The molecule has 0 unspecified atom stereocenters. The number of pyridine rings is 1. The van der Waals surface area contributed by atoms with E-state index >= 15 is 0 Å². The number of fused-ring (bicyclic) bond motifs is 2. The van der Waals surface area contributed by atoms with Crippen LogP contribution < -0.4 is 5.32 Å². The second-order valence-electron chi connectivity index (χ2n) is 6.26. The Balaban J connectivity index is 1.81. The van der Waals surface area contributed by atoms with E-state index in [0.29, 0.717) is 17.2 Å². The second-order valence-corrected chi connectivity index (χ2v) is 7.77. The summed E-state index contributed by atoms with van der Waals surface area (Å²) in [5.74, 6) is -0.245. The number of esters is 1. The number of ether oxygens (including phenoxy) is 1. The van der Waals surface area contributed by atoms with Crippen molar-refractivity contribution in [2.45, 2.75) is 32.6 Å². The zero-order valence-corrected chi connectivity index (χ0v) is 16.0. The molecule has 134 valence electrons. The first kappa shape index (κ1) is 17.3. The van der Waals surface area contributed by atoms with Crippen molar-refractivity contribution in [3.63, 3.8) is 0 Å². The Hall–Kier alpha value is -2.11. The molecular weight excluding hydrogens is 368 g/mol. The van der Waals surface area contributed by atoms with E-state index in [1.807, 2.05) is 31.2 Å². The molecule has 2 aromatic heterocycles. The summed E-state index contributed by atoms with van der Waals surface area (Å²) in [6.45, 7) is 2.21. The van der Waals surface area contributed by atoms with Crippen LogP contribution in [0.4, 0.5) is 10.7 Å². The monoisotopic (exact) mass is 386 g/mol. The van der Waals surface area contributed by atoms with Gasteiger partial charge in [0.1, 0.15) is 5.00 Å². The van der Waals surface area contributed by atoms with Crippen LogP contribution in [-0.2, 0) is 17.6 Å². The number of halogens is 1. The summed E-state index contributed by atoms with van der Waals surface area (Å²) in [5.41, 5.74) is 3.48. The van der Waals surface area contributed by atoms with Gasteiger partial charge in [0.15, 0.2) is 0 Å². The van der Waals surface area contributed by atoms with E-state index in [4.69, 9.17) is 16.3 Å². The van der Waals surface area contributed by atoms with Gasteiger partial charge in [0.2, 0.25) is 0 Å². The minimum atomic E-state index is -0.245. The number of para-hydroxylation sites is 1. The van der Waals surface area contributed by atoms with Crippen molar-refractivity contribution in [3.05, 3.63) is 51.5 Å². The highest BCUT2D eigenvalue weighted by atomic mass is 35.5. The summed E-state index contributed by atoms with van der Waals surface area (Å²) in [6, 6.07) is 7.62. The summed E-state index contributed by atoms with van der Waals surface area (Å²) in [4.78, 5) is 18.3. The fourth-order valence-corrected chi connectivity index (χ4v) is 4.96. The normalized spacial score (nSPS) is 13.5. The predicted octanol–water partition coefficient (Wildman–Crippen LogP) is 5.75. The van der Waals surface area contributed by atoms with Crippen molar-refractivity contribution in [1.29, 1.82) is 0 Å². The van der Waals surface area contributed by atoms with Gasteiger partial charge in [-0.25, -0.2) is 4.79 Å². The van der Waals surface area contributed by atoms with Crippen molar-refractivity contribution in [2.75, 3.05) is 11.9 Å². The molecular formula is C20H19ClN2O2S. The maximum absolute atomic E-state index is 12.6. The quantitative estimate of drug-likeness (QED) is 0.580. The zero-order valence-electron chi connectivity index (χ0n) is 14.5. The molecule has 26 heavy (non-hydrogen) atoms. The van der Waals surface area contributed by atoms with Crippen LogP contribution in [0.3, 0.4) is 0 Å². The molecule has 0 radical (unpaired) electrons. The molecule has 2 heterocycles. The van der Waals surface area contributed by atoms with E-state index in [-0.39, 0.29) is 5.97 Å². The molecule has 0 amide bonds. The third-order valence-electron chi connectivity index (χ3n) is 4.62. The molecule has 0 fully saturated rings. The fourth-order valence-electron chi connectivity index (χ4n) is 3.44. The van der Waals surface area contributed by atoms with Crippen molar-refractivity contribution in [3.8, 4) is 0 Å². The molecule has 4 nitrogen and oxygen atoms in total. The number of nitrogens with one attached hydrogen (secondary N) is 1. The lowest BCUT2D eigenvalue weighted by atomic mass is 9.95. The lowest BCUT2D eigenvalue weighted by Crippen LogP contribution is -2.11. The Kier molecular flexibility index (Phi) is 4.83. The molecule has 0 atom stereocenters. The number of carbonyl (C=O) groups excluding carboxylic acids is 1. The molecule has 0 aliphatic heterocycles. The highest BCUT2D eigenvalue weighted by molar-refractivity contribution is 7.16. The Morgan fingerprint density at radius 3 is 3.00 bits per heavy atom. The summed E-state index contributed by atoms with van der Waals surface area (Å²) in [6.07, 6.45) is 5.97. The molecule has 0 saturated heterocycles. The zero-order chi connectivity index (χ0) is 18.1. The fraction of sp³-hybridized carbons (Fsp3) is 0.300. The minimum absolute atomic E-state index is 0.245. The number of hydrogen-bond donors (Lipinski definition) is 1. The molecule has 0 spiro atoms. The summed E-state index contributed by atoms with van der Waals surface area (Å²) < 4.78 is 5.33. The second kappa shape index (κ2) is 7.25. The van der Waals surface area contributed by atoms with Crippen LogP contribution in [0.2, 0.25) is 5.02 Å². The van der Waals surface area contributed by atoms with Gasteiger partial charge in [-0.1, -0.05) is 23.7 Å². The number of benzene rings is 1. The Morgan fingerprint density at radius 2 is 2.15 bits per heavy atom. The maximum atomic E-state index is 12.6. The molecule has 1 aromatic carbocycles. The number of aromatic nitrogens is 1. The molecule has 3 aromatic rings. The smallest absolute Gasteiger partial charge is 0.341 e. The highest BCUT2D eigenvalue weighted by Crippen LogP contribution is 2.41. The molecule has 1 aliphatic carbocycles. The maximum Gasteiger partial charge on any atom is 0.341 e. The van der Waals surface area contributed by atoms with Crippen LogP contribution in [0.5, 0.6) is 0 Å². The van der Waals surface area contributed by atoms with Crippen molar-refractivity contribution >= 4 is 50.5 Å². The molecule has 0 saturated carbocycles. The first-order valence-electron chi connectivity index (χ1n) is 8.81. The highest BCUT2D eigenvalue weighted by Gasteiger charge is 2.26. The van der Waals surface area contributed by atoms with E-state index in [1.54, 1.807) is 17.5 Å². The number of thiophene rings is 1. The SMILES string of the molecule is CCOC(=O)c1c(Nc2ccnc3c(Cl)cccc23)sc2c1CCCC2. The van der Waals surface area contributed by atoms with Gasteiger partial charge in [-0.05, 0) is 50.3 Å². The predicted molar refractivity (Wildman–Crippen MR) is 107 cm³/mol. The van der Waals surface area contributed by atoms with Crippen molar-refractivity contribution in [1.82, 2.24) is 4.98 Å². The first-order chi connectivity index (χ1) is 12.7. The van der Waals surface area contributed by atoms with Crippen LogP contribution in [0.15, 0.2) is 30.5 Å². The Morgan fingerprint density at radius 1 is 1.31 bits per heavy atom. The number of carbonyl (C=O) groups is 1. The third kappa shape index (κ3) is 3.06. The first-order valence-corrected chi connectivity index (χ1v) is 10.0. The van der Waals surface area contributed by atoms with Gasteiger partial charge in [0.05, 0.1) is 28.4 Å². The largest absolute Gasteiger partial charge is 0.462 e. The summed E-state index contributed by atoms with van der Waals surface area (Å²) in [7, 11) is 0. The number of aryl methyl sites for hydroxylation is 1. The number of rotatable bonds is 4. The molecule has 1 aliphatic rings. The van der Waals surface area contributed by atoms with E-state index < -0.39 is 0 Å². The van der Waals surface area contributed by atoms with Crippen LogP contribution in [0, 0.1) is 0 Å². The average molecular weight is 387 g/mol. The van der Waals surface area contributed by atoms with E-state index in [9.17, 15) is 4.79 Å². The van der Waals surface area contributed by atoms with Crippen molar-refractivity contribution < 1.29 is 9.53 Å². The lowest BCUT2D eigenvalue weighted by molar-refractivity contribution is 0.0526. The lowest BCUT2D eigenvalue weighted by Gasteiger charge is -2.13. The molecule has 1 N–H and O–H groups in total. The number of hydrogen-bond acceptors (Lipinski definition) is 5. The average Bonchev–Trinajstić information content (AvgIpc) is 3.01. The van der Waals surface area contributed by atoms with Gasteiger partial charge in [-0.15, -0.1) is 11.3 Å². The number of nitrogens with zero attached hydrogens (tertiary/aromatic N) is 1. The van der Waals surface area contributed by atoms with Crippen LogP contribution in [0.25, 0.3) is 10.9 Å². The van der Waals surface area contributed by atoms with E-state index in [0.717, 1.165) is 46.4 Å². The third-order valence-corrected chi connectivity index (χ3v) is 6.13. The van der Waals surface area contributed by atoms with Gasteiger partial charge in [0.25, 0.3) is 0 Å². The van der Waals surface area contributed by atoms with Gasteiger partial charge >= 0.3 is 5.97 Å². The topological polar surface area (TPSA) is 51.2 Å². The Bertz CT molecular complexity index is 983. The molecule has 4 rings (SSSR count).